The summed E-state index contributed by atoms with van der Waals surface area (Å²) in [5.74, 6) is -1.04. The van der Waals surface area contributed by atoms with E-state index in [9.17, 15) is 14.4 Å². The summed E-state index contributed by atoms with van der Waals surface area (Å²) in [6.45, 7) is 3.96. The third-order valence-electron chi connectivity index (χ3n) is 5.75. The molecule has 5 heteroatoms. The summed E-state index contributed by atoms with van der Waals surface area (Å²) >= 11 is 0. The molecule has 28 heavy (non-hydrogen) atoms. The van der Waals surface area contributed by atoms with E-state index in [0.717, 1.165) is 16.8 Å². The fourth-order valence-corrected chi connectivity index (χ4v) is 3.90. The molecule has 1 aliphatic carbocycles. The van der Waals surface area contributed by atoms with Gasteiger partial charge in [-0.3, -0.25) is 19.3 Å². The quantitative estimate of drug-likeness (QED) is 0.652. The number of allylic oxidation sites excluding steroid dienone is 2. The van der Waals surface area contributed by atoms with Crippen LogP contribution in [0.4, 0.5) is 11.4 Å². The second-order valence-corrected chi connectivity index (χ2v) is 7.42. The molecule has 1 N–H and O–H groups in total. The van der Waals surface area contributed by atoms with Crippen LogP contribution in [0.15, 0.2) is 54.6 Å². The predicted octanol–water partition coefficient (Wildman–Crippen LogP) is 4.01. The van der Waals surface area contributed by atoms with Gasteiger partial charge in [0.15, 0.2) is 0 Å². The Bertz CT molecular complexity index is 965. The molecule has 5 nitrogen and oxygen atoms in total. The number of carbonyl (C=O) groups is 3. The number of nitrogens with zero attached hydrogens (tertiary/aromatic N) is 1. The van der Waals surface area contributed by atoms with E-state index < -0.39 is 0 Å². The van der Waals surface area contributed by atoms with Crippen LogP contribution < -0.4 is 10.2 Å². The van der Waals surface area contributed by atoms with Crippen molar-refractivity contribution in [2.75, 3.05) is 10.2 Å². The van der Waals surface area contributed by atoms with Crippen molar-refractivity contribution in [3.05, 3.63) is 71.3 Å². The molecule has 2 unspecified atom stereocenters. The lowest BCUT2D eigenvalue weighted by Crippen LogP contribution is -2.30. The molecule has 0 saturated carbocycles. The van der Waals surface area contributed by atoms with Gasteiger partial charge >= 0.3 is 0 Å². The van der Waals surface area contributed by atoms with Crippen LogP contribution in [0.25, 0.3) is 0 Å². The second-order valence-electron chi connectivity index (χ2n) is 7.42. The Kier molecular flexibility index (Phi) is 4.59. The molecular weight excluding hydrogens is 352 g/mol. The molecular formula is C23H22N2O3. The topological polar surface area (TPSA) is 66.5 Å². The number of carbonyl (C=O) groups excluding carboxylic acids is 3. The molecule has 1 aliphatic heterocycles. The summed E-state index contributed by atoms with van der Waals surface area (Å²) < 4.78 is 0. The summed E-state index contributed by atoms with van der Waals surface area (Å²) in [6, 6.07) is 12.4. The van der Waals surface area contributed by atoms with Gasteiger partial charge in [-0.05, 0) is 68.1 Å². The number of benzene rings is 2. The minimum atomic E-state index is -0.259. The van der Waals surface area contributed by atoms with Crippen LogP contribution in [0.5, 0.6) is 0 Å². The molecule has 1 fully saturated rings. The number of nitrogens with one attached hydrogen (secondary N) is 1. The van der Waals surface area contributed by atoms with Crippen LogP contribution in [0.1, 0.15) is 34.3 Å². The Hall–Kier alpha value is -3.21. The average Bonchev–Trinajstić information content (AvgIpc) is 2.96. The lowest BCUT2D eigenvalue weighted by atomic mass is 9.85. The Morgan fingerprint density at radius 3 is 2.14 bits per heavy atom. The highest BCUT2D eigenvalue weighted by Crippen LogP contribution is 2.37. The number of aryl methyl sites for hydroxylation is 1. The predicted molar refractivity (Wildman–Crippen MR) is 108 cm³/mol. The highest BCUT2D eigenvalue weighted by molar-refractivity contribution is 6.22. The van der Waals surface area contributed by atoms with Crippen LogP contribution in [0.3, 0.4) is 0 Å². The van der Waals surface area contributed by atoms with Crippen molar-refractivity contribution in [1.82, 2.24) is 0 Å². The zero-order valence-electron chi connectivity index (χ0n) is 15.9. The standard InChI is InChI=1S/C23H22N2O3/c1-14-6-5-9-20(15(14)2)24-21(26)16-10-12-17(13-11-16)25-22(27)18-7-3-4-8-19(18)23(25)28/h3-6,9-13,18-19H,7-8H2,1-2H3,(H,24,26). The smallest absolute Gasteiger partial charge is 0.255 e. The second kappa shape index (κ2) is 7.08. The summed E-state index contributed by atoms with van der Waals surface area (Å²) in [6.07, 6.45) is 5.16. The van der Waals surface area contributed by atoms with Gasteiger partial charge in [0.2, 0.25) is 11.8 Å². The molecule has 142 valence electrons. The number of imide groups is 1. The molecule has 0 radical (unpaired) electrons. The molecule has 4 rings (SSSR count). The first-order valence-corrected chi connectivity index (χ1v) is 9.48. The van der Waals surface area contributed by atoms with Crippen LogP contribution in [0.2, 0.25) is 0 Å². The number of amides is 3. The highest BCUT2D eigenvalue weighted by Gasteiger charge is 2.47. The van der Waals surface area contributed by atoms with Crippen LogP contribution in [-0.4, -0.2) is 17.7 Å². The van der Waals surface area contributed by atoms with Gasteiger partial charge in [0.1, 0.15) is 0 Å². The van der Waals surface area contributed by atoms with Crippen LogP contribution >= 0.6 is 0 Å². The first-order chi connectivity index (χ1) is 13.5. The van der Waals surface area contributed by atoms with Gasteiger partial charge in [-0.25, -0.2) is 0 Å². The van der Waals surface area contributed by atoms with Gasteiger partial charge < -0.3 is 5.32 Å². The molecule has 0 spiro atoms. The highest BCUT2D eigenvalue weighted by atomic mass is 16.2. The molecule has 2 aromatic carbocycles. The van der Waals surface area contributed by atoms with Crippen molar-refractivity contribution in [3.8, 4) is 0 Å². The summed E-state index contributed by atoms with van der Waals surface area (Å²) in [5.41, 5.74) is 3.90. The third-order valence-corrected chi connectivity index (χ3v) is 5.75. The first kappa shape index (κ1) is 18.2. The normalized spacial score (nSPS) is 21.0. The average molecular weight is 374 g/mol. The minimum absolute atomic E-state index is 0.146. The van der Waals surface area contributed by atoms with Crippen molar-refractivity contribution < 1.29 is 14.4 Å². The molecule has 2 aromatic rings. The van der Waals surface area contributed by atoms with Gasteiger partial charge in [-0.2, -0.15) is 0 Å². The summed E-state index contributed by atoms with van der Waals surface area (Å²) in [4.78, 5) is 39.2. The van der Waals surface area contributed by atoms with Crippen molar-refractivity contribution in [3.63, 3.8) is 0 Å². The number of anilines is 2. The van der Waals surface area contributed by atoms with E-state index in [-0.39, 0.29) is 29.6 Å². The van der Waals surface area contributed by atoms with Crippen molar-refractivity contribution in [1.29, 1.82) is 0 Å². The molecule has 1 heterocycles. The Labute approximate surface area is 164 Å². The monoisotopic (exact) mass is 374 g/mol. The maximum Gasteiger partial charge on any atom is 0.255 e. The summed E-state index contributed by atoms with van der Waals surface area (Å²) in [5, 5.41) is 2.92. The number of hydrogen-bond acceptors (Lipinski definition) is 3. The first-order valence-electron chi connectivity index (χ1n) is 9.48. The fourth-order valence-electron chi connectivity index (χ4n) is 3.90. The van der Waals surface area contributed by atoms with Gasteiger partial charge in [0, 0.05) is 11.3 Å². The maximum atomic E-state index is 12.7. The van der Waals surface area contributed by atoms with Gasteiger partial charge in [0.25, 0.3) is 5.91 Å². The van der Waals surface area contributed by atoms with E-state index in [1.54, 1.807) is 24.3 Å². The lowest BCUT2D eigenvalue weighted by Gasteiger charge is -2.15. The lowest BCUT2D eigenvalue weighted by molar-refractivity contribution is -0.122. The molecule has 0 aromatic heterocycles. The van der Waals surface area contributed by atoms with Crippen molar-refractivity contribution in [2.24, 2.45) is 11.8 Å². The van der Waals surface area contributed by atoms with E-state index in [1.165, 1.54) is 4.90 Å². The van der Waals surface area contributed by atoms with E-state index in [2.05, 4.69) is 5.32 Å². The van der Waals surface area contributed by atoms with E-state index in [1.807, 2.05) is 44.2 Å². The van der Waals surface area contributed by atoms with Crippen LogP contribution in [0, 0.1) is 25.7 Å². The number of fused-ring (bicyclic) bond motifs is 1. The molecule has 2 atom stereocenters. The van der Waals surface area contributed by atoms with Gasteiger partial charge in [-0.1, -0.05) is 24.3 Å². The molecule has 1 saturated heterocycles. The summed E-state index contributed by atoms with van der Waals surface area (Å²) in [7, 11) is 0. The Morgan fingerprint density at radius 2 is 1.54 bits per heavy atom. The van der Waals surface area contributed by atoms with E-state index in [4.69, 9.17) is 0 Å². The largest absolute Gasteiger partial charge is 0.322 e. The maximum absolute atomic E-state index is 12.7. The number of rotatable bonds is 3. The molecule has 3 amide bonds. The Balaban J connectivity index is 1.53. The van der Waals surface area contributed by atoms with Crippen molar-refractivity contribution in [2.45, 2.75) is 26.7 Å². The van der Waals surface area contributed by atoms with E-state index >= 15 is 0 Å². The number of hydrogen-bond donors (Lipinski definition) is 1. The minimum Gasteiger partial charge on any atom is -0.322 e. The zero-order chi connectivity index (χ0) is 19.8. The molecule has 2 aliphatic rings. The van der Waals surface area contributed by atoms with Crippen LogP contribution in [-0.2, 0) is 9.59 Å². The van der Waals surface area contributed by atoms with Crippen molar-refractivity contribution >= 4 is 29.1 Å². The Morgan fingerprint density at radius 1 is 0.929 bits per heavy atom. The van der Waals surface area contributed by atoms with Gasteiger partial charge in [-0.15, -0.1) is 0 Å². The van der Waals surface area contributed by atoms with E-state index in [0.29, 0.717) is 24.1 Å². The molecule has 0 bridgehead atoms. The third kappa shape index (κ3) is 3.03. The zero-order valence-corrected chi connectivity index (χ0v) is 15.9. The fraction of sp³-hybridized carbons (Fsp3) is 0.261. The van der Waals surface area contributed by atoms with Gasteiger partial charge in [0.05, 0.1) is 17.5 Å². The SMILES string of the molecule is Cc1cccc(NC(=O)c2ccc(N3C(=O)C4CC=CCC4C3=O)cc2)c1C.